The van der Waals surface area contributed by atoms with Gasteiger partial charge in [0.05, 0.1) is 25.1 Å². The van der Waals surface area contributed by atoms with E-state index in [1.165, 1.54) is 12.1 Å². The summed E-state index contributed by atoms with van der Waals surface area (Å²) in [6, 6.07) is 14.6. The number of imidazole rings is 1. The Morgan fingerprint density at radius 3 is 3.00 bits per heavy atom. The van der Waals surface area contributed by atoms with E-state index >= 15 is 0 Å². The van der Waals surface area contributed by atoms with Crippen LogP contribution >= 0.6 is 0 Å². The highest BCUT2D eigenvalue weighted by molar-refractivity contribution is 5.35. The van der Waals surface area contributed by atoms with E-state index in [1.54, 1.807) is 12.3 Å². The summed E-state index contributed by atoms with van der Waals surface area (Å²) in [5, 5.41) is 0. The van der Waals surface area contributed by atoms with E-state index in [0.29, 0.717) is 19.1 Å². The average molecular weight is 447 g/mol. The second kappa shape index (κ2) is 10.1. The first-order chi connectivity index (χ1) is 16.2. The first-order valence-electron chi connectivity index (χ1n) is 11.3. The molecule has 6 nitrogen and oxygen atoms in total. The van der Waals surface area contributed by atoms with Crippen LogP contribution in [-0.2, 0) is 24.3 Å². The zero-order chi connectivity index (χ0) is 22.5. The van der Waals surface area contributed by atoms with E-state index < -0.39 is 0 Å². The van der Waals surface area contributed by atoms with Crippen molar-refractivity contribution in [2.75, 3.05) is 26.3 Å². The maximum atomic E-state index is 13.5. The summed E-state index contributed by atoms with van der Waals surface area (Å²) in [4.78, 5) is 11.3. The minimum Gasteiger partial charge on any atom is -0.489 e. The monoisotopic (exact) mass is 446 g/mol. The Balaban J connectivity index is 1.24. The van der Waals surface area contributed by atoms with Crippen LogP contribution in [0.2, 0.25) is 0 Å². The molecule has 4 aromatic rings. The second-order valence-electron chi connectivity index (χ2n) is 8.48. The van der Waals surface area contributed by atoms with Crippen LogP contribution in [0.3, 0.4) is 0 Å². The molecule has 0 bridgehead atoms. The molecule has 33 heavy (non-hydrogen) atoms. The Kier molecular flexibility index (Phi) is 6.60. The van der Waals surface area contributed by atoms with Gasteiger partial charge in [0, 0.05) is 49.7 Å². The molecular weight excluding hydrogens is 419 g/mol. The largest absolute Gasteiger partial charge is 0.489 e. The van der Waals surface area contributed by atoms with Gasteiger partial charge in [-0.1, -0.05) is 30.3 Å². The van der Waals surface area contributed by atoms with E-state index in [1.807, 2.05) is 47.3 Å². The molecule has 0 spiro atoms. The minimum absolute atomic E-state index is 0.248. The number of ether oxygens (including phenoxy) is 2. The lowest BCUT2D eigenvalue weighted by Gasteiger charge is -2.24. The van der Waals surface area contributed by atoms with Crippen LogP contribution in [0.15, 0.2) is 73.3 Å². The fourth-order valence-electron chi connectivity index (χ4n) is 4.29. The van der Waals surface area contributed by atoms with Gasteiger partial charge in [-0.3, -0.25) is 9.88 Å². The first-order valence-corrected chi connectivity index (χ1v) is 11.3. The van der Waals surface area contributed by atoms with Crippen LogP contribution in [0.4, 0.5) is 4.39 Å². The van der Waals surface area contributed by atoms with Gasteiger partial charge in [-0.25, -0.2) is 9.37 Å². The number of fused-ring (bicyclic) bond motifs is 1. The summed E-state index contributed by atoms with van der Waals surface area (Å²) in [6.07, 6.45) is 8.44. The quantitative estimate of drug-likeness (QED) is 0.427. The first kappa shape index (κ1) is 21.6. The molecular formula is C26H27FN4O2. The molecule has 0 N–H and O–H groups in total. The summed E-state index contributed by atoms with van der Waals surface area (Å²) in [7, 11) is 0. The number of para-hydroxylation sites is 1. The van der Waals surface area contributed by atoms with Gasteiger partial charge in [-0.2, -0.15) is 0 Å². The van der Waals surface area contributed by atoms with E-state index in [4.69, 9.17) is 9.47 Å². The van der Waals surface area contributed by atoms with Gasteiger partial charge in [0.15, 0.2) is 5.65 Å². The lowest BCUT2D eigenvalue weighted by atomic mass is 10.0. The zero-order valence-corrected chi connectivity index (χ0v) is 18.4. The maximum Gasteiger partial charge on any atom is 0.155 e. The SMILES string of the molecule is Fc1cccc(COc2ccccc2CN2CCOC[C@H](Cc3cn4ccnc4cn3)C2)c1. The van der Waals surface area contributed by atoms with E-state index in [9.17, 15) is 4.39 Å². The van der Waals surface area contributed by atoms with Gasteiger partial charge in [0.25, 0.3) is 0 Å². The summed E-state index contributed by atoms with van der Waals surface area (Å²) in [5.41, 5.74) is 3.82. The fourth-order valence-corrected chi connectivity index (χ4v) is 4.29. The molecule has 1 fully saturated rings. The predicted octanol–water partition coefficient (Wildman–Crippen LogP) is 4.14. The standard InChI is InChI=1S/C26H27FN4O2/c27-23-6-3-4-20(12-23)19-33-25-7-2-1-5-22(25)16-30-10-11-32-18-21(15-30)13-24-17-31-9-8-28-26(31)14-29-24/h1-9,12,14,17,21H,10-11,13,15-16,18-19H2/t21-/m1/s1. The van der Waals surface area contributed by atoms with Gasteiger partial charge >= 0.3 is 0 Å². The Morgan fingerprint density at radius 1 is 1.12 bits per heavy atom. The average Bonchev–Trinajstić information content (AvgIpc) is 3.18. The highest BCUT2D eigenvalue weighted by Gasteiger charge is 2.21. The highest BCUT2D eigenvalue weighted by Crippen LogP contribution is 2.23. The molecule has 5 rings (SSSR count). The van der Waals surface area contributed by atoms with Crippen LogP contribution in [-0.4, -0.2) is 45.6 Å². The summed E-state index contributed by atoms with van der Waals surface area (Å²) >= 11 is 0. The van der Waals surface area contributed by atoms with Gasteiger partial charge in [-0.05, 0) is 30.2 Å². The van der Waals surface area contributed by atoms with Crippen molar-refractivity contribution < 1.29 is 13.9 Å². The molecule has 1 saturated heterocycles. The molecule has 0 amide bonds. The predicted molar refractivity (Wildman–Crippen MR) is 123 cm³/mol. The molecule has 170 valence electrons. The molecule has 0 aliphatic carbocycles. The summed E-state index contributed by atoms with van der Waals surface area (Å²) in [5.74, 6) is 0.929. The molecule has 0 saturated carbocycles. The Hall–Kier alpha value is -3.29. The number of halogens is 1. The Morgan fingerprint density at radius 2 is 2.06 bits per heavy atom. The number of nitrogens with zero attached hydrogens (tertiary/aromatic N) is 4. The molecule has 1 aliphatic rings. The van der Waals surface area contributed by atoms with Crippen molar-refractivity contribution in [2.24, 2.45) is 5.92 Å². The van der Waals surface area contributed by atoms with E-state index in [-0.39, 0.29) is 5.82 Å². The molecule has 3 heterocycles. The number of rotatable bonds is 7. The van der Waals surface area contributed by atoms with Crippen molar-refractivity contribution in [3.05, 3.63) is 96.0 Å². The van der Waals surface area contributed by atoms with Gasteiger partial charge < -0.3 is 13.9 Å². The van der Waals surface area contributed by atoms with Gasteiger partial charge in [0.1, 0.15) is 18.2 Å². The van der Waals surface area contributed by atoms with Crippen LogP contribution in [0.5, 0.6) is 5.75 Å². The molecule has 0 radical (unpaired) electrons. The highest BCUT2D eigenvalue weighted by atomic mass is 19.1. The third-order valence-electron chi connectivity index (χ3n) is 5.90. The Labute approximate surface area is 192 Å². The van der Waals surface area contributed by atoms with Crippen molar-refractivity contribution in [2.45, 2.75) is 19.6 Å². The van der Waals surface area contributed by atoms with E-state index in [0.717, 1.165) is 60.9 Å². The molecule has 2 aromatic carbocycles. The minimum atomic E-state index is -0.248. The van der Waals surface area contributed by atoms with Crippen molar-refractivity contribution in [3.8, 4) is 5.75 Å². The van der Waals surface area contributed by atoms with Crippen LogP contribution < -0.4 is 4.74 Å². The summed E-state index contributed by atoms with van der Waals surface area (Å²) < 4.78 is 27.5. The molecule has 0 unspecified atom stereocenters. The third-order valence-corrected chi connectivity index (χ3v) is 5.90. The number of benzene rings is 2. The molecule has 1 aliphatic heterocycles. The van der Waals surface area contributed by atoms with Crippen LogP contribution in [0.25, 0.3) is 5.65 Å². The molecule has 7 heteroatoms. The summed E-state index contributed by atoms with van der Waals surface area (Å²) in [6.45, 7) is 4.31. The van der Waals surface area contributed by atoms with Crippen molar-refractivity contribution in [1.29, 1.82) is 0 Å². The van der Waals surface area contributed by atoms with Crippen LogP contribution in [0, 0.1) is 11.7 Å². The van der Waals surface area contributed by atoms with Crippen molar-refractivity contribution in [3.63, 3.8) is 0 Å². The van der Waals surface area contributed by atoms with Crippen LogP contribution in [0.1, 0.15) is 16.8 Å². The number of hydrogen-bond acceptors (Lipinski definition) is 5. The van der Waals surface area contributed by atoms with Gasteiger partial charge in [-0.15, -0.1) is 0 Å². The second-order valence-corrected chi connectivity index (χ2v) is 8.48. The number of hydrogen-bond donors (Lipinski definition) is 0. The lowest BCUT2D eigenvalue weighted by Crippen LogP contribution is -2.30. The Bertz CT molecular complexity index is 1210. The topological polar surface area (TPSA) is 51.9 Å². The smallest absolute Gasteiger partial charge is 0.155 e. The van der Waals surface area contributed by atoms with Gasteiger partial charge in [0.2, 0.25) is 0 Å². The third kappa shape index (κ3) is 5.56. The molecule has 2 aromatic heterocycles. The normalized spacial score (nSPS) is 17.2. The maximum absolute atomic E-state index is 13.5. The fraction of sp³-hybridized carbons (Fsp3) is 0.308. The zero-order valence-electron chi connectivity index (χ0n) is 18.4. The number of aromatic nitrogens is 3. The lowest BCUT2D eigenvalue weighted by molar-refractivity contribution is 0.121. The molecule has 1 atom stereocenters. The van der Waals surface area contributed by atoms with Crippen molar-refractivity contribution in [1.82, 2.24) is 19.3 Å². The van der Waals surface area contributed by atoms with E-state index in [2.05, 4.69) is 20.9 Å². The van der Waals surface area contributed by atoms with Crippen molar-refractivity contribution >= 4 is 5.65 Å².